The molecule has 474 valence electrons. The second kappa shape index (κ2) is 29.2. The Hall–Kier alpha value is -9.43. The van der Waals surface area contributed by atoms with Crippen LogP contribution in [0.15, 0.2) is 338 Å². The summed E-state index contributed by atoms with van der Waals surface area (Å²) in [5, 5.41) is 14.9. The molecule has 18 rings (SSSR count). The largest absolute Gasteiger partial charge is 1.00 e. The molecule has 1 aliphatic carbocycles. The summed E-state index contributed by atoms with van der Waals surface area (Å²) in [5.41, 5.74) is 15.5. The van der Waals surface area contributed by atoms with Gasteiger partial charge in [0, 0.05) is 65.6 Å². The first-order valence-corrected chi connectivity index (χ1v) is 40.9. The molecule has 99 heavy (non-hydrogen) atoms. The molecule has 0 spiro atoms. The predicted octanol–water partition coefficient (Wildman–Crippen LogP) is 18.8. The Morgan fingerprint density at radius 3 is 0.970 bits per heavy atom. The van der Waals surface area contributed by atoms with E-state index in [4.69, 9.17) is 33.2 Å². The number of fused-ring (bicyclic) bond motifs is 12. The monoisotopic (exact) mass is 1430 g/mol. The van der Waals surface area contributed by atoms with E-state index >= 15 is 0 Å². The Balaban J connectivity index is 0.000000195. The molecule has 0 radical (unpaired) electrons. The van der Waals surface area contributed by atoms with Crippen molar-refractivity contribution in [3.63, 3.8) is 0 Å². The maximum absolute atomic E-state index is 5.73. The molecule has 0 aliphatic heterocycles. The van der Waals surface area contributed by atoms with Gasteiger partial charge in [-0.3, -0.25) is 4.57 Å². The molecule has 0 saturated carbocycles. The number of allylic oxidation sites excluding steroid dienone is 2. The Kier molecular flexibility index (Phi) is 19.7. The van der Waals surface area contributed by atoms with Gasteiger partial charge in [0.15, 0.2) is 13.8 Å². The minimum atomic E-state index is -3.18. The summed E-state index contributed by atoms with van der Waals surface area (Å²) in [4.78, 5) is 0. The van der Waals surface area contributed by atoms with E-state index in [0.29, 0.717) is 0 Å². The van der Waals surface area contributed by atoms with Crippen LogP contribution in [0.2, 0.25) is 0 Å². The first kappa shape index (κ1) is 66.8. The van der Waals surface area contributed by atoms with Crippen LogP contribution in [-0.4, -0.2) is 32.3 Å². The fourth-order valence-corrected chi connectivity index (χ4v) is 21.2. The third-order valence-corrected chi connectivity index (χ3v) is 26.8. The van der Waals surface area contributed by atoms with Gasteiger partial charge in [-0.25, -0.2) is 0 Å². The van der Waals surface area contributed by atoms with Gasteiger partial charge >= 0.3 is 24.9 Å². The molecule has 4 aromatic heterocycles. The summed E-state index contributed by atoms with van der Waals surface area (Å²) < 4.78 is 10.8. The molecule has 11 heteroatoms. The van der Waals surface area contributed by atoms with E-state index in [1.165, 1.54) is 115 Å². The van der Waals surface area contributed by atoms with Crippen LogP contribution in [0.25, 0.3) is 111 Å². The molecule has 0 N–H and O–H groups in total. The van der Waals surface area contributed by atoms with Gasteiger partial charge in [-0.2, -0.15) is 6.42 Å². The molecule has 0 unspecified atom stereocenters. The van der Waals surface area contributed by atoms with Crippen molar-refractivity contribution < 1.29 is 18.9 Å². The maximum Gasteiger partial charge on any atom is 1.00 e. The van der Waals surface area contributed by atoms with E-state index in [1.54, 1.807) is 0 Å². The summed E-state index contributed by atoms with van der Waals surface area (Å²) >= 11 is 20.7. The molecule has 13 aromatic carbocycles. The molecule has 4 heterocycles. The summed E-state index contributed by atoms with van der Waals surface area (Å²) in [7, 11) is -3.18. The van der Waals surface area contributed by atoms with Gasteiger partial charge in [0.05, 0.1) is 50.1 Å². The average Bonchev–Trinajstić information content (AvgIpc) is 1.52. The van der Waals surface area contributed by atoms with E-state index in [9.17, 15) is 0 Å². The zero-order chi connectivity index (χ0) is 66.7. The summed E-state index contributed by atoms with van der Waals surface area (Å²) in [5.74, 6) is 0. The first-order valence-electron chi connectivity index (χ1n) is 33.0. The third kappa shape index (κ3) is 12.6. The molecule has 4 nitrogen and oxygen atoms in total. The van der Waals surface area contributed by atoms with Crippen molar-refractivity contribution in [3.8, 4) is 22.7 Å². The van der Waals surface area contributed by atoms with Crippen molar-refractivity contribution in [1.82, 2.24) is 18.3 Å². The number of rotatable bonds is 10. The van der Waals surface area contributed by atoms with E-state index < -0.39 is 14.1 Å². The summed E-state index contributed by atoms with van der Waals surface area (Å²) in [6.07, 6.45) is 11.6. The number of unbranched alkanes of at least 4 members (excludes halogenated alkanes) is 1. The Morgan fingerprint density at radius 1 is 0.343 bits per heavy atom. The number of halogens is 4. The Bertz CT molecular complexity index is 5290. The van der Waals surface area contributed by atoms with Gasteiger partial charge < -0.3 is 20.6 Å². The van der Waals surface area contributed by atoms with Crippen molar-refractivity contribution in [1.29, 1.82) is 0 Å². The van der Waals surface area contributed by atoms with Crippen molar-refractivity contribution in [2.45, 2.75) is 19.8 Å². The van der Waals surface area contributed by atoms with Gasteiger partial charge in [0.25, 0.3) is 0 Å². The predicted molar refractivity (Wildman–Crippen MR) is 430 cm³/mol. The number of nitrogens with zero attached hydrogens (tertiary/aromatic N) is 4. The van der Waals surface area contributed by atoms with Crippen LogP contribution in [0.4, 0.5) is 0 Å². The van der Waals surface area contributed by atoms with Crippen molar-refractivity contribution in [2.24, 2.45) is 0 Å². The molecule has 17 aromatic rings. The van der Waals surface area contributed by atoms with Gasteiger partial charge in [0.2, 0.25) is 0 Å². The molecular weight excluding hydrogens is 1360 g/mol. The fraction of sp³-hybridized carbons (Fsp3) is 0.0341. The standard InChI is InChI=1S/C60H41N3Si.C18H11BrN.C6H5Cl3Si.C4H9.Li/c1-2-22-45(23-3-1)64(46-24-16-19-42(39-46)61-55-33-10-4-27-49(55)50-28-5-11-34-56(50)61,47-25-17-20-43(40-47)62-57-35-12-6-29-51(57)52-30-7-13-36-58(52)62)48-26-18-21-44(41-48)63-59-37-14-8-31-53(59)54-32-9-15-38-60(54)63;19-13-6-5-7-14(12-13)20-17-10-3-1-8-15(17)16-9-2-4-11-18(16)20;7-10(8,9)6-4-2-1-3-5-6;1-3-4-2;/h1-41H;1,3-12H;1-5H;1,3-4H2,2H3;/q;+1;;-1;+1. The van der Waals surface area contributed by atoms with Crippen molar-refractivity contribution in [2.75, 3.05) is 0 Å². The quantitative estimate of drug-likeness (QED) is 0.0563. The minimum Gasteiger partial charge on any atom is -0.343 e. The molecule has 0 bridgehead atoms. The molecule has 0 saturated heterocycles. The molecular formula is C88H66BrCl3LiN4Si2+. The van der Waals surface area contributed by atoms with Gasteiger partial charge in [-0.15, -0.1) is 33.2 Å². The fourth-order valence-electron chi connectivity index (χ4n) is 14.3. The van der Waals surface area contributed by atoms with E-state index in [2.05, 4.69) is 357 Å². The number of aromatic nitrogens is 4. The zero-order valence-electron chi connectivity index (χ0n) is 54.8. The third-order valence-electron chi connectivity index (χ3n) is 18.6. The van der Waals surface area contributed by atoms with Crippen LogP contribution >= 0.6 is 49.2 Å². The summed E-state index contributed by atoms with van der Waals surface area (Å²) in [6, 6.07) is 116. The first-order chi connectivity index (χ1) is 48.1. The number of para-hydroxylation sites is 7. The zero-order valence-corrected chi connectivity index (χ0v) is 60.7. The normalized spacial score (nSPS) is 11.8. The van der Waals surface area contributed by atoms with E-state index in [-0.39, 0.29) is 18.9 Å². The van der Waals surface area contributed by atoms with E-state index in [0.717, 1.165) is 38.8 Å². The molecule has 0 fully saturated rings. The Labute approximate surface area is 614 Å². The smallest absolute Gasteiger partial charge is 0.343 e. The van der Waals surface area contributed by atoms with Crippen LogP contribution in [0.3, 0.4) is 0 Å². The molecule has 0 amide bonds. The number of hydrogen-bond donors (Lipinski definition) is 0. The van der Waals surface area contributed by atoms with Crippen LogP contribution < -0.4 is 44.8 Å². The molecule has 0 atom stereocenters. The second-order valence-corrected chi connectivity index (χ2v) is 37.5. The van der Waals surface area contributed by atoms with Gasteiger partial charge in [-0.1, -0.05) is 254 Å². The van der Waals surface area contributed by atoms with Crippen LogP contribution in [0.5, 0.6) is 0 Å². The Morgan fingerprint density at radius 2 is 0.636 bits per heavy atom. The van der Waals surface area contributed by atoms with Crippen LogP contribution in [0, 0.1) is 13.0 Å². The van der Waals surface area contributed by atoms with Crippen molar-refractivity contribution >= 4 is 178 Å². The number of benzene rings is 13. The molecule has 1 aliphatic rings. The number of hydrogen-bond acceptors (Lipinski definition) is 0. The van der Waals surface area contributed by atoms with Crippen molar-refractivity contribution in [3.05, 3.63) is 362 Å². The minimum absolute atomic E-state index is 0. The topological polar surface area (TPSA) is 19.7 Å². The van der Waals surface area contributed by atoms with Crippen LogP contribution in [0.1, 0.15) is 31.0 Å². The SMILES string of the molecule is Brc1cccc(-n2c3c(c4ccccc42)C=[C+]C=C3)c1.Cl[Si](Cl)(Cl)c1ccccc1.[CH2-]CCC.[Li+].c1ccc([Si](c2cccc(-n3c4ccccc4c4ccccc43)c2)(c2cccc(-n3c4ccccc4c4ccccc43)c2)c2cccc(-n3c4ccccc4c4ccccc43)c2)cc1. The van der Waals surface area contributed by atoms with E-state index in [1.807, 2.05) is 42.5 Å². The second-order valence-electron chi connectivity index (χ2n) is 24.4. The summed E-state index contributed by atoms with van der Waals surface area (Å²) in [6.45, 7) is 5.72. The van der Waals surface area contributed by atoms with Crippen LogP contribution in [-0.2, 0) is 0 Å². The van der Waals surface area contributed by atoms with Gasteiger partial charge in [0.1, 0.15) is 17.7 Å². The maximum atomic E-state index is 5.73. The average molecular weight is 1430 g/mol. The van der Waals surface area contributed by atoms with Gasteiger partial charge in [-0.05, 0) is 129 Å².